The second-order valence-electron chi connectivity index (χ2n) is 7.20. The molecule has 0 saturated carbocycles. The van der Waals surface area contributed by atoms with Crippen LogP contribution >= 0.6 is 12.4 Å². The highest BCUT2D eigenvalue weighted by Gasteiger charge is 2.24. The number of aliphatic hydroxyl groups is 2. The zero-order valence-corrected chi connectivity index (χ0v) is 19.3. The largest absolute Gasteiger partial charge is 0.385 e. The number of aromatic nitrogens is 4. The second-order valence-corrected chi connectivity index (χ2v) is 7.20. The van der Waals surface area contributed by atoms with Crippen LogP contribution in [0.15, 0.2) is 19.6 Å². The summed E-state index contributed by atoms with van der Waals surface area (Å²) in [6, 6.07) is 0. The highest BCUT2D eigenvalue weighted by atomic mass is 35.5. The topological polar surface area (TPSA) is 267 Å². The number of nitrogens with two attached hydrogens (primary N) is 2. The summed E-state index contributed by atoms with van der Waals surface area (Å²) in [5, 5.41) is 23.8. The number of aromatic amines is 2. The first kappa shape index (κ1) is 27.1. The van der Waals surface area contributed by atoms with Gasteiger partial charge in [-0.2, -0.15) is 9.97 Å². The first-order valence-electron chi connectivity index (χ1n) is 9.85. The third-order valence-corrected chi connectivity index (χ3v) is 4.49. The van der Waals surface area contributed by atoms with Crippen LogP contribution in [-0.2, 0) is 9.59 Å². The molecule has 0 amide bonds. The molecule has 2 atom stereocenters. The van der Waals surface area contributed by atoms with E-state index in [0.717, 1.165) is 0 Å². The van der Waals surface area contributed by atoms with Crippen LogP contribution in [0.4, 0.5) is 34.9 Å². The molecule has 4 rings (SSSR count). The molecule has 0 bridgehead atoms. The normalized spacial score (nSPS) is 15.1. The molecule has 0 aromatic carbocycles. The maximum atomic E-state index is 11.5. The first-order chi connectivity index (χ1) is 16.0. The van der Waals surface area contributed by atoms with Gasteiger partial charge in [-0.15, -0.1) is 12.4 Å². The van der Waals surface area contributed by atoms with Crippen molar-refractivity contribution >= 4 is 70.3 Å². The maximum absolute atomic E-state index is 11.5. The Bertz CT molecular complexity index is 1230. The Kier molecular flexibility index (Phi) is 8.40. The molecule has 2 aliphatic rings. The standard InChI is InChI=1S/2C9H11N5O3.ClH/c2*1-3(15)6(16)4-2-11-7-5(12-4)8(17)14-9(10)13-7;/h2*3,15H,2H2,1H3,(H4,10,11,13,14,17);1H/t2*3-;/m00./s1. The minimum atomic E-state index is -1.15. The van der Waals surface area contributed by atoms with Crippen molar-refractivity contribution in [3.05, 3.63) is 20.7 Å². The lowest BCUT2D eigenvalue weighted by Crippen LogP contribution is -2.34. The fourth-order valence-corrected chi connectivity index (χ4v) is 2.87. The van der Waals surface area contributed by atoms with Crippen molar-refractivity contribution in [1.82, 2.24) is 19.9 Å². The van der Waals surface area contributed by atoms with Gasteiger partial charge < -0.3 is 32.3 Å². The number of hydrogen-bond donors (Lipinski definition) is 8. The van der Waals surface area contributed by atoms with Crippen molar-refractivity contribution in [1.29, 1.82) is 0 Å². The molecule has 10 N–H and O–H groups in total. The van der Waals surface area contributed by atoms with E-state index in [1.165, 1.54) is 13.8 Å². The number of H-pyrrole nitrogens is 2. The molecule has 0 unspecified atom stereocenters. The quantitative estimate of drug-likeness (QED) is 0.222. The Balaban J connectivity index is 0.000000240. The van der Waals surface area contributed by atoms with Gasteiger partial charge in [-0.3, -0.25) is 29.1 Å². The van der Waals surface area contributed by atoms with Crippen LogP contribution in [0.3, 0.4) is 0 Å². The maximum Gasteiger partial charge on any atom is 0.280 e. The lowest BCUT2D eigenvalue weighted by atomic mass is 10.1. The van der Waals surface area contributed by atoms with E-state index < -0.39 is 34.9 Å². The van der Waals surface area contributed by atoms with Crippen molar-refractivity contribution in [3.63, 3.8) is 0 Å². The number of Topliss-reactive ketones (excluding diaryl/α,β-unsaturated/α-hetero) is 2. The van der Waals surface area contributed by atoms with E-state index in [4.69, 9.17) is 21.7 Å². The Hall–Kier alpha value is -4.15. The van der Waals surface area contributed by atoms with Gasteiger partial charge in [0.2, 0.25) is 23.5 Å². The smallest absolute Gasteiger partial charge is 0.280 e. The van der Waals surface area contributed by atoms with E-state index in [1.54, 1.807) is 0 Å². The van der Waals surface area contributed by atoms with Gasteiger partial charge in [0.15, 0.2) is 23.0 Å². The van der Waals surface area contributed by atoms with Gasteiger partial charge >= 0.3 is 0 Å². The van der Waals surface area contributed by atoms with Crippen LogP contribution in [0.2, 0.25) is 0 Å². The van der Waals surface area contributed by atoms with Crippen molar-refractivity contribution in [2.75, 3.05) is 35.2 Å². The molecule has 0 aliphatic carbocycles. The van der Waals surface area contributed by atoms with E-state index in [1.807, 2.05) is 0 Å². The summed E-state index contributed by atoms with van der Waals surface area (Å²) >= 11 is 0. The minimum absolute atomic E-state index is 0. The number of hydrogen-bond acceptors (Lipinski definition) is 14. The highest BCUT2D eigenvalue weighted by Crippen LogP contribution is 2.22. The van der Waals surface area contributed by atoms with Crippen LogP contribution in [-0.4, -0.2) is 78.4 Å². The van der Waals surface area contributed by atoms with E-state index in [-0.39, 0.29) is 71.8 Å². The van der Waals surface area contributed by atoms with Crippen LogP contribution in [0.25, 0.3) is 0 Å². The van der Waals surface area contributed by atoms with Gasteiger partial charge in [-0.25, -0.2) is 9.98 Å². The third kappa shape index (κ3) is 6.05. The Labute approximate surface area is 202 Å². The number of nitrogens with zero attached hydrogens (tertiary/aromatic N) is 4. The molecule has 2 aromatic heterocycles. The van der Waals surface area contributed by atoms with E-state index in [0.29, 0.717) is 0 Å². The third-order valence-electron chi connectivity index (χ3n) is 4.49. The summed E-state index contributed by atoms with van der Waals surface area (Å²) in [7, 11) is 0. The lowest BCUT2D eigenvalue weighted by molar-refractivity contribution is -0.120. The van der Waals surface area contributed by atoms with Crippen molar-refractivity contribution in [3.8, 4) is 0 Å². The molecule has 4 heterocycles. The van der Waals surface area contributed by atoms with Gasteiger partial charge in [-0.1, -0.05) is 0 Å². The Morgan fingerprint density at radius 2 is 1.14 bits per heavy atom. The van der Waals surface area contributed by atoms with Crippen molar-refractivity contribution < 1.29 is 19.8 Å². The number of carbonyl (C=O) groups excluding carboxylic acids is 2. The van der Waals surface area contributed by atoms with Crippen LogP contribution in [0, 0.1) is 0 Å². The predicted molar refractivity (Wildman–Crippen MR) is 130 cm³/mol. The summed E-state index contributed by atoms with van der Waals surface area (Å²) in [4.78, 5) is 66.1. The molecule has 17 heteroatoms. The van der Waals surface area contributed by atoms with Crippen molar-refractivity contribution in [2.24, 2.45) is 9.98 Å². The Morgan fingerprint density at radius 1 is 0.800 bits per heavy atom. The molecule has 35 heavy (non-hydrogen) atoms. The number of halogens is 1. The number of aliphatic hydroxyl groups excluding tert-OH is 2. The average Bonchev–Trinajstić information content (AvgIpc) is 2.77. The molecule has 0 radical (unpaired) electrons. The van der Waals surface area contributed by atoms with Crippen molar-refractivity contribution in [2.45, 2.75) is 26.1 Å². The molecule has 16 nitrogen and oxygen atoms in total. The van der Waals surface area contributed by atoms with E-state index in [9.17, 15) is 19.2 Å². The van der Waals surface area contributed by atoms with Gasteiger partial charge in [0.25, 0.3) is 11.1 Å². The number of fused-ring (bicyclic) bond motifs is 2. The van der Waals surface area contributed by atoms with Crippen LogP contribution < -0.4 is 33.2 Å². The van der Waals surface area contributed by atoms with E-state index in [2.05, 4.69) is 40.6 Å². The summed E-state index contributed by atoms with van der Waals surface area (Å²) in [5.74, 6) is -0.649. The van der Waals surface area contributed by atoms with Crippen LogP contribution in [0.1, 0.15) is 13.8 Å². The predicted octanol–water partition coefficient (Wildman–Crippen LogP) is -1.98. The van der Waals surface area contributed by atoms with Gasteiger partial charge in [0.1, 0.15) is 23.6 Å². The molecule has 188 valence electrons. The van der Waals surface area contributed by atoms with Gasteiger partial charge in [0, 0.05) is 0 Å². The number of nitrogen functional groups attached to an aromatic ring is 2. The number of ketones is 2. The van der Waals surface area contributed by atoms with Gasteiger partial charge in [0.05, 0.1) is 13.1 Å². The summed E-state index contributed by atoms with van der Waals surface area (Å²) in [6.07, 6.45) is -2.31. The molecular weight excluding hydrogens is 488 g/mol. The highest BCUT2D eigenvalue weighted by molar-refractivity contribution is 6.44. The SMILES string of the molecule is C[C@H](O)C(=O)C1=Nc2c(nc(N)[nH]c2=O)NC1.C[C@H](O)C(=O)C1=Nc2c(nc(N)[nH]c2=O)NC1.Cl. The Morgan fingerprint density at radius 3 is 1.46 bits per heavy atom. The second kappa shape index (κ2) is 10.9. The van der Waals surface area contributed by atoms with E-state index >= 15 is 0 Å². The summed E-state index contributed by atoms with van der Waals surface area (Å²) in [5.41, 5.74) is 9.83. The lowest BCUT2D eigenvalue weighted by Gasteiger charge is -2.16. The molecule has 2 aromatic rings. The van der Waals surface area contributed by atoms with Gasteiger partial charge in [-0.05, 0) is 13.8 Å². The first-order valence-corrected chi connectivity index (χ1v) is 9.85. The molecule has 0 spiro atoms. The summed E-state index contributed by atoms with van der Waals surface area (Å²) < 4.78 is 0. The zero-order chi connectivity index (χ0) is 25.2. The molecule has 0 saturated heterocycles. The molecule has 0 fully saturated rings. The summed E-state index contributed by atoms with van der Waals surface area (Å²) in [6.45, 7) is 2.89. The molecular formula is C18H23ClN10O6. The number of anilines is 4. The number of nitrogens with one attached hydrogen (secondary N) is 4. The van der Waals surface area contributed by atoms with Crippen LogP contribution in [0.5, 0.6) is 0 Å². The number of aliphatic imine (C=N–C) groups is 2. The fourth-order valence-electron chi connectivity index (χ4n) is 2.87. The monoisotopic (exact) mass is 510 g/mol. The minimum Gasteiger partial charge on any atom is -0.385 e. The number of rotatable bonds is 4. The average molecular weight is 511 g/mol. The number of carbonyl (C=O) groups is 2. The molecule has 2 aliphatic heterocycles. The fraction of sp³-hybridized carbons (Fsp3) is 0.333. The zero-order valence-electron chi connectivity index (χ0n) is 18.4.